The molecule has 1 rings (SSSR count). The van der Waals surface area contributed by atoms with E-state index in [4.69, 9.17) is 15.7 Å². The second kappa shape index (κ2) is 2.01. The number of hydrogen-bond donors (Lipinski definition) is 0. The Morgan fingerprint density at radius 2 is 2.00 bits per heavy atom. The zero-order valence-electron chi connectivity index (χ0n) is 3.89. The van der Waals surface area contributed by atoms with Gasteiger partial charge in [0, 0.05) is 0 Å². The van der Waals surface area contributed by atoms with E-state index in [1.54, 1.807) is 0 Å². The molecule has 1 saturated heterocycles. The van der Waals surface area contributed by atoms with Crippen molar-refractivity contribution < 1.29 is 9.31 Å². The van der Waals surface area contributed by atoms with E-state index in [-0.39, 0.29) is 7.12 Å². The molecule has 0 aromatic carbocycles. The smallest absolute Gasteiger partial charge is 0.398 e. The third kappa shape index (κ3) is 0.954. The van der Waals surface area contributed by atoms with Gasteiger partial charge in [0.2, 0.25) is 0 Å². The molecule has 0 aromatic rings. The van der Waals surface area contributed by atoms with E-state index in [0.717, 1.165) is 0 Å². The predicted octanol–water partition coefficient (Wildman–Crippen LogP) is -0.306. The van der Waals surface area contributed by atoms with Crippen LogP contribution in [0.3, 0.4) is 0 Å². The van der Waals surface area contributed by atoms with E-state index in [1.807, 2.05) is 0 Å². The third-order valence-corrected chi connectivity index (χ3v) is 0.758. The maximum Gasteiger partial charge on any atom is 0.549 e. The van der Waals surface area contributed by atoms with Crippen LogP contribution in [0.1, 0.15) is 0 Å². The second-order valence-electron chi connectivity index (χ2n) is 1.24. The van der Waals surface area contributed by atoms with Crippen LogP contribution in [-0.4, -0.2) is 20.3 Å². The maximum absolute atomic E-state index is 4.93. The Kier molecular flexibility index (Phi) is 1.35. The second-order valence-corrected chi connectivity index (χ2v) is 1.24. The van der Waals surface area contributed by atoms with Gasteiger partial charge in [-0.1, -0.05) is 5.82 Å². The summed E-state index contributed by atoms with van der Waals surface area (Å²) in [5.41, 5.74) is 0. The van der Waals surface area contributed by atoms with Gasteiger partial charge in [-0.2, -0.15) is 0 Å². The molecule has 0 unspecified atom stereocenters. The Morgan fingerprint density at radius 3 is 2.29 bits per heavy atom. The quantitative estimate of drug-likeness (QED) is 0.304. The van der Waals surface area contributed by atoms with Crippen molar-refractivity contribution in [1.29, 1.82) is 0 Å². The summed E-state index contributed by atoms with van der Waals surface area (Å²) in [7, 11) is -0.375. The van der Waals surface area contributed by atoms with Crippen LogP contribution in [0.25, 0.3) is 0 Å². The van der Waals surface area contributed by atoms with Crippen LogP contribution < -0.4 is 0 Å². The molecule has 3 heteroatoms. The molecular formula is C4H5BO2. The van der Waals surface area contributed by atoms with Crippen molar-refractivity contribution in [2.24, 2.45) is 0 Å². The van der Waals surface area contributed by atoms with Crippen LogP contribution in [0, 0.1) is 12.2 Å². The van der Waals surface area contributed by atoms with Gasteiger partial charge in [-0.3, -0.25) is 0 Å². The highest BCUT2D eigenvalue weighted by Crippen LogP contribution is 1.95. The minimum absolute atomic E-state index is 0.375. The summed E-state index contributed by atoms with van der Waals surface area (Å²) in [6.45, 7) is 1.27. The maximum atomic E-state index is 4.93. The lowest BCUT2D eigenvalue weighted by Gasteiger charge is -1.86. The van der Waals surface area contributed by atoms with E-state index in [1.165, 1.54) is 0 Å². The molecule has 1 heterocycles. The fourth-order valence-corrected chi connectivity index (χ4v) is 0.455. The minimum atomic E-state index is -0.375. The Balaban J connectivity index is 2.31. The molecule has 1 fully saturated rings. The number of rotatable bonds is 0. The Morgan fingerprint density at radius 1 is 1.43 bits per heavy atom. The van der Waals surface area contributed by atoms with Crippen molar-refractivity contribution >= 4 is 7.12 Å². The lowest BCUT2D eigenvalue weighted by Crippen LogP contribution is -2.09. The molecule has 0 radical (unpaired) electrons. The first kappa shape index (κ1) is 4.70. The van der Waals surface area contributed by atoms with Crippen LogP contribution in [0.2, 0.25) is 0 Å². The number of hydrogen-bond acceptors (Lipinski definition) is 2. The van der Waals surface area contributed by atoms with Gasteiger partial charge in [-0.15, -0.1) is 6.42 Å². The molecule has 0 saturated carbocycles. The summed E-state index contributed by atoms with van der Waals surface area (Å²) < 4.78 is 9.69. The summed E-state index contributed by atoms with van der Waals surface area (Å²) in [6, 6.07) is 0. The first-order valence-electron chi connectivity index (χ1n) is 2.13. The standard InChI is InChI=1S/C4H5BO2/c1-2-5-6-3-4-7-5/h1H,3-4H2. The highest BCUT2D eigenvalue weighted by atomic mass is 16.6. The molecule has 0 aliphatic carbocycles. The van der Waals surface area contributed by atoms with Crippen molar-refractivity contribution in [3.63, 3.8) is 0 Å². The van der Waals surface area contributed by atoms with Crippen molar-refractivity contribution in [2.45, 2.75) is 0 Å². The summed E-state index contributed by atoms with van der Waals surface area (Å²) in [5.74, 6) is 2.32. The van der Waals surface area contributed by atoms with E-state index < -0.39 is 0 Å². The molecule has 7 heavy (non-hydrogen) atoms. The predicted molar refractivity (Wildman–Crippen MR) is 26.5 cm³/mol. The fourth-order valence-electron chi connectivity index (χ4n) is 0.455. The molecule has 0 spiro atoms. The summed E-state index contributed by atoms with van der Waals surface area (Å²) >= 11 is 0. The van der Waals surface area contributed by atoms with Crippen LogP contribution in [0.15, 0.2) is 0 Å². The van der Waals surface area contributed by atoms with E-state index in [0.29, 0.717) is 13.2 Å². The van der Waals surface area contributed by atoms with Crippen molar-refractivity contribution in [1.82, 2.24) is 0 Å². The van der Waals surface area contributed by atoms with Gasteiger partial charge in [-0.25, -0.2) is 0 Å². The van der Waals surface area contributed by atoms with Gasteiger partial charge in [-0.05, 0) is 0 Å². The summed E-state index contributed by atoms with van der Waals surface area (Å²) in [4.78, 5) is 0. The molecule has 36 valence electrons. The van der Waals surface area contributed by atoms with Crippen LogP contribution >= 0.6 is 0 Å². The Hall–Kier alpha value is -0.455. The SMILES string of the molecule is C#CB1OCCO1. The van der Waals surface area contributed by atoms with E-state index >= 15 is 0 Å². The molecule has 1 aliphatic rings. The van der Waals surface area contributed by atoms with Crippen LogP contribution in [0.4, 0.5) is 0 Å². The van der Waals surface area contributed by atoms with Gasteiger partial charge in [0.1, 0.15) is 0 Å². The molecule has 1 aliphatic heterocycles. The van der Waals surface area contributed by atoms with E-state index in [9.17, 15) is 0 Å². The lowest BCUT2D eigenvalue weighted by atomic mass is 9.94. The van der Waals surface area contributed by atoms with Gasteiger partial charge < -0.3 is 9.31 Å². The van der Waals surface area contributed by atoms with Gasteiger partial charge in [0.05, 0.1) is 13.2 Å². The first-order chi connectivity index (χ1) is 3.43. The molecule has 0 atom stereocenters. The fraction of sp³-hybridized carbons (Fsp3) is 0.500. The average Bonchev–Trinajstić information content (AvgIpc) is 2.14. The molecule has 0 amide bonds. The zero-order valence-corrected chi connectivity index (χ0v) is 3.89. The summed E-state index contributed by atoms with van der Waals surface area (Å²) in [6.07, 6.45) is 4.93. The normalized spacial score (nSPS) is 19.6. The van der Waals surface area contributed by atoms with Crippen LogP contribution in [0.5, 0.6) is 0 Å². The molecule has 0 bridgehead atoms. The minimum Gasteiger partial charge on any atom is -0.398 e. The van der Waals surface area contributed by atoms with Gasteiger partial charge >= 0.3 is 7.12 Å². The van der Waals surface area contributed by atoms with Crippen LogP contribution in [-0.2, 0) is 9.31 Å². The highest BCUT2D eigenvalue weighted by Gasteiger charge is 2.19. The Labute approximate surface area is 42.9 Å². The van der Waals surface area contributed by atoms with E-state index in [2.05, 4.69) is 5.82 Å². The molecular weight excluding hydrogens is 90.9 g/mol. The molecule has 2 nitrogen and oxygen atoms in total. The monoisotopic (exact) mass is 96.0 g/mol. The largest absolute Gasteiger partial charge is 0.549 e. The molecule has 0 aromatic heterocycles. The van der Waals surface area contributed by atoms with Crippen molar-refractivity contribution in [2.75, 3.05) is 13.2 Å². The van der Waals surface area contributed by atoms with Gasteiger partial charge in [0.25, 0.3) is 0 Å². The Bertz CT molecular complexity index is 90.4. The van der Waals surface area contributed by atoms with Gasteiger partial charge in [0.15, 0.2) is 0 Å². The molecule has 0 N–H and O–H groups in total. The lowest BCUT2D eigenvalue weighted by molar-refractivity contribution is 0.365. The van der Waals surface area contributed by atoms with Crippen molar-refractivity contribution in [3.8, 4) is 12.2 Å². The zero-order chi connectivity index (χ0) is 5.11. The first-order valence-corrected chi connectivity index (χ1v) is 2.13. The topological polar surface area (TPSA) is 18.5 Å². The highest BCUT2D eigenvalue weighted by molar-refractivity contribution is 6.54. The average molecular weight is 95.9 g/mol. The summed E-state index contributed by atoms with van der Waals surface area (Å²) in [5, 5.41) is 0. The number of terminal acetylenes is 1. The van der Waals surface area contributed by atoms with Crippen molar-refractivity contribution in [3.05, 3.63) is 0 Å². The third-order valence-electron chi connectivity index (χ3n) is 0.758.